The first kappa shape index (κ1) is 13.7. The molecule has 1 saturated carbocycles. The van der Waals surface area contributed by atoms with Gasteiger partial charge in [-0.05, 0) is 33.6 Å². The van der Waals surface area contributed by atoms with Crippen LogP contribution in [0.15, 0.2) is 30.3 Å². The molecule has 1 unspecified atom stereocenters. The fourth-order valence-electron chi connectivity index (χ4n) is 1.51. The van der Waals surface area contributed by atoms with E-state index in [4.69, 9.17) is 4.74 Å². The van der Waals surface area contributed by atoms with E-state index >= 15 is 0 Å². The number of carbonyl (C=O) groups is 1. The van der Waals surface area contributed by atoms with E-state index in [2.05, 4.69) is 11.8 Å². The van der Waals surface area contributed by atoms with Crippen LogP contribution in [-0.4, -0.2) is 5.97 Å². The largest absolute Gasteiger partial charge is 0.444 e. The summed E-state index contributed by atoms with van der Waals surface area (Å²) in [5.74, 6) is 6.58. The Kier molecular flexibility index (Phi) is 3.95. The first-order chi connectivity index (χ1) is 8.97. The van der Waals surface area contributed by atoms with Crippen LogP contribution in [-0.2, 0) is 9.53 Å². The lowest BCUT2D eigenvalue weighted by molar-refractivity contribution is -0.156. The van der Waals surface area contributed by atoms with Crippen molar-refractivity contribution in [2.75, 3.05) is 0 Å². The minimum Gasteiger partial charge on any atom is -0.444 e. The van der Waals surface area contributed by atoms with Crippen molar-refractivity contribution in [2.24, 2.45) is 11.3 Å². The quantitative estimate of drug-likeness (QED) is 0.595. The summed E-state index contributed by atoms with van der Waals surface area (Å²) in [5, 5.41) is 0. The van der Waals surface area contributed by atoms with Gasteiger partial charge in [-0.2, -0.15) is 0 Å². The molecule has 2 heteroatoms. The molecule has 1 atom stereocenters. The molecule has 2 rings (SSSR count). The third kappa shape index (κ3) is 4.13. The molecule has 2 nitrogen and oxygen atoms in total. The Morgan fingerprint density at radius 2 is 1.89 bits per heavy atom. The van der Waals surface area contributed by atoms with Crippen LogP contribution < -0.4 is 0 Å². The normalized spacial score (nSPS) is 16.2. The molecule has 19 heavy (non-hydrogen) atoms. The zero-order chi connectivity index (χ0) is 13.9. The molecule has 0 bridgehead atoms. The lowest BCUT2D eigenvalue weighted by Crippen LogP contribution is -2.24. The van der Waals surface area contributed by atoms with Crippen molar-refractivity contribution < 1.29 is 9.53 Å². The Morgan fingerprint density at radius 1 is 1.26 bits per heavy atom. The second-order valence-corrected chi connectivity index (χ2v) is 6.01. The van der Waals surface area contributed by atoms with Crippen molar-refractivity contribution in [1.29, 1.82) is 0 Å². The molecule has 1 aliphatic rings. The van der Waals surface area contributed by atoms with Gasteiger partial charge in [-0.3, -0.25) is 4.79 Å². The van der Waals surface area contributed by atoms with Gasteiger partial charge in [-0.15, -0.1) is 0 Å². The zero-order valence-electron chi connectivity index (χ0n) is 11.8. The number of ether oxygens (including phenoxy) is 1. The van der Waals surface area contributed by atoms with Crippen molar-refractivity contribution in [2.45, 2.75) is 39.7 Å². The van der Waals surface area contributed by atoms with E-state index in [0.29, 0.717) is 5.92 Å². The first-order valence-electron chi connectivity index (χ1n) is 6.74. The monoisotopic (exact) mass is 256 g/mol. The summed E-state index contributed by atoms with van der Waals surface area (Å²) >= 11 is 0. The van der Waals surface area contributed by atoms with Gasteiger partial charge in [0.1, 0.15) is 0 Å². The van der Waals surface area contributed by atoms with Gasteiger partial charge in [-0.25, -0.2) is 0 Å². The van der Waals surface area contributed by atoms with E-state index < -0.39 is 11.5 Å². The van der Waals surface area contributed by atoms with Gasteiger partial charge in [0.2, 0.25) is 0 Å². The fraction of sp³-hybridized carbons (Fsp3) is 0.471. The van der Waals surface area contributed by atoms with Gasteiger partial charge in [0.05, 0.1) is 5.41 Å². The molecule has 1 aliphatic carbocycles. The average Bonchev–Trinajstić information content (AvgIpc) is 3.18. The van der Waals surface area contributed by atoms with Crippen LogP contribution in [0.5, 0.6) is 0 Å². The highest BCUT2D eigenvalue weighted by Crippen LogP contribution is 2.29. The highest BCUT2D eigenvalue weighted by atomic mass is 16.5. The molecular weight excluding hydrogens is 236 g/mol. The van der Waals surface area contributed by atoms with Gasteiger partial charge in [0, 0.05) is 11.5 Å². The van der Waals surface area contributed by atoms with E-state index in [9.17, 15) is 4.79 Å². The van der Waals surface area contributed by atoms with Crippen molar-refractivity contribution in [1.82, 2.24) is 0 Å². The highest BCUT2D eigenvalue weighted by Gasteiger charge is 2.26. The second kappa shape index (κ2) is 5.48. The Labute approximate surface area is 115 Å². The Bertz CT molecular complexity index is 496. The topological polar surface area (TPSA) is 26.3 Å². The van der Waals surface area contributed by atoms with Gasteiger partial charge in [0.15, 0.2) is 6.10 Å². The minimum atomic E-state index is -0.506. The number of hydrogen-bond acceptors (Lipinski definition) is 2. The summed E-state index contributed by atoms with van der Waals surface area (Å²) in [4.78, 5) is 12.0. The third-order valence-corrected chi connectivity index (χ3v) is 2.94. The predicted molar refractivity (Wildman–Crippen MR) is 75.2 cm³/mol. The number of carbonyl (C=O) groups excluding carboxylic acids is 1. The number of benzene rings is 1. The summed E-state index contributed by atoms with van der Waals surface area (Å²) in [6.07, 6.45) is 1.89. The van der Waals surface area contributed by atoms with Crippen LogP contribution >= 0.6 is 0 Å². The summed E-state index contributed by atoms with van der Waals surface area (Å²) in [7, 11) is 0. The maximum Gasteiger partial charge on any atom is 0.312 e. The van der Waals surface area contributed by atoms with Crippen molar-refractivity contribution >= 4 is 5.97 Å². The van der Waals surface area contributed by atoms with Gasteiger partial charge in [-0.1, -0.05) is 42.2 Å². The van der Waals surface area contributed by atoms with Gasteiger partial charge >= 0.3 is 5.97 Å². The summed E-state index contributed by atoms with van der Waals surface area (Å²) in [6, 6.07) is 9.71. The number of hydrogen-bond donors (Lipinski definition) is 0. The third-order valence-electron chi connectivity index (χ3n) is 2.94. The minimum absolute atomic E-state index is 0.216. The SMILES string of the molecule is CC(C)(C)C(=O)OC(C#CC1CC1)c1ccccc1. The van der Waals surface area contributed by atoms with Crippen molar-refractivity contribution in [3.63, 3.8) is 0 Å². The average molecular weight is 256 g/mol. The molecule has 0 aromatic heterocycles. The second-order valence-electron chi connectivity index (χ2n) is 6.01. The molecule has 0 spiro atoms. The molecule has 0 amide bonds. The maximum atomic E-state index is 12.0. The van der Waals surface area contributed by atoms with Crippen LogP contribution in [0.4, 0.5) is 0 Å². The molecule has 0 heterocycles. The van der Waals surface area contributed by atoms with Crippen LogP contribution in [0.1, 0.15) is 45.3 Å². The lowest BCUT2D eigenvalue weighted by atomic mass is 9.97. The molecule has 1 aromatic carbocycles. The standard InChI is InChI=1S/C17H20O2/c1-17(2,3)16(18)19-15(12-11-13-9-10-13)14-7-5-4-6-8-14/h4-8,13,15H,9-10H2,1-3H3. The smallest absolute Gasteiger partial charge is 0.312 e. The molecule has 0 saturated heterocycles. The van der Waals surface area contributed by atoms with Crippen LogP contribution in [0.25, 0.3) is 0 Å². The maximum absolute atomic E-state index is 12.0. The van der Waals surface area contributed by atoms with E-state index in [1.165, 1.54) is 12.8 Å². The fourth-order valence-corrected chi connectivity index (χ4v) is 1.51. The molecule has 1 aromatic rings. The predicted octanol–water partition coefficient (Wildman–Crippen LogP) is 3.73. The number of rotatable bonds is 2. The van der Waals surface area contributed by atoms with E-state index in [0.717, 1.165) is 5.56 Å². The zero-order valence-corrected chi connectivity index (χ0v) is 11.8. The van der Waals surface area contributed by atoms with E-state index in [1.54, 1.807) is 0 Å². The van der Waals surface area contributed by atoms with Crippen LogP contribution in [0, 0.1) is 23.2 Å². The lowest BCUT2D eigenvalue weighted by Gasteiger charge is -2.20. The molecular formula is C17H20O2. The molecule has 100 valence electrons. The molecule has 1 fully saturated rings. The molecule has 0 radical (unpaired) electrons. The van der Waals surface area contributed by atoms with Crippen LogP contribution in [0.3, 0.4) is 0 Å². The summed E-state index contributed by atoms with van der Waals surface area (Å²) in [5.41, 5.74) is 0.433. The van der Waals surface area contributed by atoms with E-state index in [-0.39, 0.29) is 5.97 Å². The highest BCUT2D eigenvalue weighted by molar-refractivity contribution is 5.75. The summed E-state index contributed by atoms with van der Waals surface area (Å²) < 4.78 is 5.57. The molecule has 0 N–H and O–H groups in total. The Morgan fingerprint density at radius 3 is 2.42 bits per heavy atom. The first-order valence-corrected chi connectivity index (χ1v) is 6.74. The van der Waals surface area contributed by atoms with E-state index in [1.807, 2.05) is 51.1 Å². The van der Waals surface area contributed by atoms with Gasteiger partial charge in [0.25, 0.3) is 0 Å². The Hall–Kier alpha value is -1.75. The number of esters is 1. The van der Waals surface area contributed by atoms with Crippen LogP contribution in [0.2, 0.25) is 0 Å². The molecule has 0 aliphatic heterocycles. The summed E-state index contributed by atoms with van der Waals surface area (Å²) in [6.45, 7) is 5.56. The van der Waals surface area contributed by atoms with Gasteiger partial charge < -0.3 is 4.74 Å². The Balaban J connectivity index is 2.15. The van der Waals surface area contributed by atoms with Crippen molar-refractivity contribution in [3.8, 4) is 11.8 Å². The van der Waals surface area contributed by atoms with Crippen molar-refractivity contribution in [3.05, 3.63) is 35.9 Å².